The first-order valence-electron chi connectivity index (χ1n) is 6.16. The summed E-state index contributed by atoms with van der Waals surface area (Å²) in [6.45, 7) is 2.02. The lowest BCUT2D eigenvalue weighted by Crippen LogP contribution is -1.98. The van der Waals surface area contributed by atoms with Crippen LogP contribution in [0.2, 0.25) is 0 Å². The molecule has 0 aliphatic carbocycles. The van der Waals surface area contributed by atoms with E-state index in [2.05, 4.69) is 4.98 Å². The Hall–Kier alpha value is -1.88. The summed E-state index contributed by atoms with van der Waals surface area (Å²) in [6, 6.07) is 7.56. The zero-order valence-corrected chi connectivity index (χ0v) is 11.5. The monoisotopic (exact) mass is 276 g/mol. The predicted molar refractivity (Wildman–Crippen MR) is 76.7 cm³/mol. The highest BCUT2D eigenvalue weighted by atomic mass is 32.1. The van der Waals surface area contributed by atoms with Crippen LogP contribution in [0.1, 0.15) is 39.3 Å². The van der Waals surface area contributed by atoms with Crippen LogP contribution in [-0.4, -0.2) is 16.1 Å². The summed E-state index contributed by atoms with van der Waals surface area (Å²) in [5.41, 5.74) is 8.15. The van der Waals surface area contributed by atoms with Crippen LogP contribution in [0.3, 0.4) is 0 Å². The fourth-order valence-electron chi connectivity index (χ4n) is 1.86. The highest BCUT2D eigenvalue weighted by molar-refractivity contribution is 7.13. The molecule has 3 N–H and O–H groups in total. The standard InChI is InChI=1S/C14H16N2O2S/c1-2-3-11-13(14(17)18)19-12(16-11)8-9-4-6-10(15)7-5-9/h4-7H,2-3,8,15H2,1H3,(H,17,18). The van der Waals surface area contributed by atoms with Gasteiger partial charge in [0.15, 0.2) is 0 Å². The van der Waals surface area contributed by atoms with Crippen LogP contribution in [0.4, 0.5) is 5.69 Å². The average molecular weight is 276 g/mol. The molecule has 4 nitrogen and oxygen atoms in total. The summed E-state index contributed by atoms with van der Waals surface area (Å²) in [5, 5.41) is 10.0. The van der Waals surface area contributed by atoms with Gasteiger partial charge in [0.25, 0.3) is 0 Å². The molecule has 2 rings (SSSR count). The van der Waals surface area contributed by atoms with Gasteiger partial charge in [-0.05, 0) is 24.1 Å². The van der Waals surface area contributed by atoms with E-state index in [9.17, 15) is 4.79 Å². The Morgan fingerprint density at radius 1 is 1.37 bits per heavy atom. The highest BCUT2D eigenvalue weighted by Crippen LogP contribution is 2.22. The highest BCUT2D eigenvalue weighted by Gasteiger charge is 2.16. The first-order chi connectivity index (χ1) is 9.10. The number of carboxylic acids is 1. The van der Waals surface area contributed by atoms with E-state index >= 15 is 0 Å². The van der Waals surface area contributed by atoms with Crippen LogP contribution in [0.5, 0.6) is 0 Å². The van der Waals surface area contributed by atoms with Crippen molar-refractivity contribution in [2.24, 2.45) is 0 Å². The maximum Gasteiger partial charge on any atom is 0.347 e. The Balaban J connectivity index is 2.23. The molecule has 0 bridgehead atoms. The lowest BCUT2D eigenvalue weighted by molar-refractivity contribution is 0.0700. The summed E-state index contributed by atoms with van der Waals surface area (Å²) in [5.74, 6) is -0.885. The lowest BCUT2D eigenvalue weighted by atomic mass is 10.1. The largest absolute Gasteiger partial charge is 0.477 e. The Kier molecular flexibility index (Phi) is 4.16. The molecule has 1 aromatic carbocycles. The first kappa shape index (κ1) is 13.5. The van der Waals surface area contributed by atoms with E-state index in [0.717, 1.165) is 22.7 Å². The Morgan fingerprint density at radius 2 is 2.05 bits per heavy atom. The molecular formula is C14H16N2O2S. The number of aromatic carboxylic acids is 1. The summed E-state index contributed by atoms with van der Waals surface area (Å²) >= 11 is 1.26. The molecule has 0 saturated heterocycles. The third-order valence-electron chi connectivity index (χ3n) is 2.76. The number of thiazole rings is 1. The molecule has 0 amide bonds. The van der Waals surface area contributed by atoms with Gasteiger partial charge in [0.2, 0.25) is 0 Å². The van der Waals surface area contributed by atoms with Gasteiger partial charge in [-0.3, -0.25) is 0 Å². The molecule has 1 aromatic heterocycles. The third kappa shape index (κ3) is 3.32. The van der Waals surface area contributed by atoms with E-state index in [4.69, 9.17) is 10.8 Å². The van der Waals surface area contributed by atoms with Crippen LogP contribution in [0.15, 0.2) is 24.3 Å². The van der Waals surface area contributed by atoms with Crippen molar-refractivity contribution in [3.05, 3.63) is 45.4 Å². The smallest absolute Gasteiger partial charge is 0.347 e. The molecule has 19 heavy (non-hydrogen) atoms. The number of nitrogens with two attached hydrogens (primary N) is 1. The number of nitrogen functional groups attached to an aromatic ring is 1. The van der Waals surface area contributed by atoms with Gasteiger partial charge in [-0.2, -0.15) is 0 Å². The second-order valence-electron chi connectivity index (χ2n) is 4.36. The van der Waals surface area contributed by atoms with Gasteiger partial charge in [0.1, 0.15) is 4.88 Å². The zero-order valence-electron chi connectivity index (χ0n) is 10.7. The Bertz CT molecular complexity index is 576. The number of aromatic nitrogens is 1. The van der Waals surface area contributed by atoms with Crippen molar-refractivity contribution < 1.29 is 9.90 Å². The number of anilines is 1. The van der Waals surface area contributed by atoms with Gasteiger partial charge in [0.05, 0.1) is 10.7 Å². The van der Waals surface area contributed by atoms with E-state index in [-0.39, 0.29) is 0 Å². The number of aryl methyl sites for hydroxylation is 1. The molecule has 0 aliphatic rings. The second kappa shape index (κ2) is 5.84. The molecule has 1 heterocycles. The van der Waals surface area contributed by atoms with E-state index in [1.165, 1.54) is 11.3 Å². The van der Waals surface area contributed by atoms with E-state index in [1.807, 2.05) is 31.2 Å². The maximum absolute atomic E-state index is 11.2. The molecule has 0 saturated carbocycles. The zero-order chi connectivity index (χ0) is 13.8. The average Bonchev–Trinajstić information content (AvgIpc) is 2.76. The quantitative estimate of drug-likeness (QED) is 0.823. The molecule has 0 aliphatic heterocycles. The Morgan fingerprint density at radius 3 is 2.63 bits per heavy atom. The van der Waals surface area contributed by atoms with Crippen LogP contribution in [0.25, 0.3) is 0 Å². The van der Waals surface area contributed by atoms with Crippen molar-refractivity contribution in [3.63, 3.8) is 0 Å². The molecule has 0 fully saturated rings. The molecule has 100 valence electrons. The number of carboxylic acid groups (broad SMARTS) is 1. The Labute approximate surface area is 115 Å². The fourth-order valence-corrected chi connectivity index (χ4v) is 2.84. The van der Waals surface area contributed by atoms with Crippen molar-refractivity contribution in [2.75, 3.05) is 5.73 Å². The fraction of sp³-hybridized carbons (Fsp3) is 0.286. The topological polar surface area (TPSA) is 76.2 Å². The third-order valence-corrected chi connectivity index (χ3v) is 3.84. The van der Waals surface area contributed by atoms with Crippen LogP contribution in [-0.2, 0) is 12.8 Å². The number of carbonyl (C=O) groups is 1. The van der Waals surface area contributed by atoms with Gasteiger partial charge in [-0.25, -0.2) is 9.78 Å². The SMILES string of the molecule is CCCc1nc(Cc2ccc(N)cc2)sc1C(=O)O. The van der Waals surface area contributed by atoms with Gasteiger partial charge >= 0.3 is 5.97 Å². The van der Waals surface area contributed by atoms with Crippen LogP contribution >= 0.6 is 11.3 Å². The summed E-state index contributed by atoms with van der Waals surface area (Å²) in [7, 11) is 0. The molecule has 5 heteroatoms. The van der Waals surface area contributed by atoms with Crippen molar-refractivity contribution >= 4 is 23.0 Å². The summed E-state index contributed by atoms with van der Waals surface area (Å²) in [6.07, 6.45) is 2.25. The second-order valence-corrected chi connectivity index (χ2v) is 5.44. The molecule has 0 atom stereocenters. The molecule has 0 unspecified atom stereocenters. The summed E-state index contributed by atoms with van der Waals surface area (Å²) in [4.78, 5) is 16.0. The van der Waals surface area contributed by atoms with Gasteiger partial charge in [0, 0.05) is 12.1 Å². The number of benzene rings is 1. The number of nitrogens with zero attached hydrogens (tertiary/aromatic N) is 1. The first-order valence-corrected chi connectivity index (χ1v) is 6.98. The van der Waals surface area contributed by atoms with Gasteiger partial charge in [-0.1, -0.05) is 25.5 Å². The normalized spacial score (nSPS) is 10.6. The molecule has 2 aromatic rings. The van der Waals surface area contributed by atoms with Crippen molar-refractivity contribution in [2.45, 2.75) is 26.2 Å². The summed E-state index contributed by atoms with van der Waals surface area (Å²) < 4.78 is 0. The van der Waals surface area contributed by atoms with E-state index in [1.54, 1.807) is 0 Å². The lowest BCUT2D eigenvalue weighted by Gasteiger charge is -1.98. The van der Waals surface area contributed by atoms with Crippen LogP contribution < -0.4 is 5.73 Å². The predicted octanol–water partition coefficient (Wildman–Crippen LogP) is 2.97. The molecular weight excluding hydrogens is 260 g/mol. The van der Waals surface area contributed by atoms with Crippen molar-refractivity contribution in [1.82, 2.24) is 4.98 Å². The van der Waals surface area contributed by atoms with E-state index < -0.39 is 5.97 Å². The van der Waals surface area contributed by atoms with Crippen molar-refractivity contribution in [1.29, 1.82) is 0 Å². The van der Waals surface area contributed by atoms with E-state index in [0.29, 0.717) is 23.4 Å². The number of hydrogen-bond donors (Lipinski definition) is 2. The molecule has 0 spiro atoms. The van der Waals surface area contributed by atoms with Gasteiger partial charge < -0.3 is 10.8 Å². The van der Waals surface area contributed by atoms with Crippen LogP contribution in [0, 0.1) is 0 Å². The maximum atomic E-state index is 11.2. The molecule has 0 radical (unpaired) electrons. The minimum atomic E-state index is -0.885. The number of rotatable bonds is 5. The van der Waals surface area contributed by atoms with Crippen molar-refractivity contribution in [3.8, 4) is 0 Å². The minimum absolute atomic E-state index is 0.368. The number of hydrogen-bond acceptors (Lipinski definition) is 4. The van der Waals surface area contributed by atoms with Gasteiger partial charge in [-0.15, -0.1) is 11.3 Å². The minimum Gasteiger partial charge on any atom is -0.477 e.